The number of rotatable bonds is 6. The van der Waals surface area contributed by atoms with Gasteiger partial charge in [0.15, 0.2) is 5.96 Å². The lowest BCUT2D eigenvalue weighted by Gasteiger charge is -2.41. The molecule has 0 saturated carbocycles. The van der Waals surface area contributed by atoms with Crippen LogP contribution in [-0.2, 0) is 0 Å². The molecule has 5 nitrogen and oxygen atoms in total. The molecule has 0 aromatic rings. The molecule has 0 atom stereocenters. The maximum atomic E-state index is 4.32. The molecule has 22 heavy (non-hydrogen) atoms. The Kier molecular flexibility index (Phi) is 7.63. The molecule has 3 N–H and O–H groups in total. The highest BCUT2D eigenvalue weighted by molar-refractivity contribution is 5.79. The van der Waals surface area contributed by atoms with Gasteiger partial charge in [-0.1, -0.05) is 6.42 Å². The first kappa shape index (κ1) is 19.2. The topological polar surface area (TPSA) is 51.7 Å². The predicted octanol–water partition coefficient (Wildman–Crippen LogP) is 1.80. The van der Waals surface area contributed by atoms with Crippen molar-refractivity contribution in [1.29, 1.82) is 0 Å². The number of piperidine rings is 1. The fourth-order valence-electron chi connectivity index (χ4n) is 2.75. The number of nitrogens with one attached hydrogen (secondary N) is 3. The van der Waals surface area contributed by atoms with E-state index >= 15 is 0 Å². The molecule has 1 fully saturated rings. The van der Waals surface area contributed by atoms with Crippen LogP contribution in [0.1, 0.15) is 53.9 Å². The van der Waals surface area contributed by atoms with E-state index in [1.807, 2.05) is 7.05 Å². The van der Waals surface area contributed by atoms with Crippen LogP contribution in [0.5, 0.6) is 0 Å². The Morgan fingerprint density at radius 2 is 1.59 bits per heavy atom. The molecule has 1 saturated heterocycles. The second kappa shape index (κ2) is 8.73. The molecule has 1 aliphatic rings. The van der Waals surface area contributed by atoms with Crippen LogP contribution in [0.15, 0.2) is 4.99 Å². The van der Waals surface area contributed by atoms with Crippen LogP contribution in [0.4, 0.5) is 0 Å². The largest absolute Gasteiger partial charge is 0.355 e. The van der Waals surface area contributed by atoms with Crippen molar-refractivity contribution in [2.24, 2.45) is 4.99 Å². The van der Waals surface area contributed by atoms with Gasteiger partial charge in [0, 0.05) is 37.8 Å². The molecule has 0 bridgehead atoms. The molecule has 0 radical (unpaired) electrons. The molecule has 1 rings (SSSR count). The van der Waals surface area contributed by atoms with Gasteiger partial charge in [-0.25, -0.2) is 0 Å². The van der Waals surface area contributed by atoms with Gasteiger partial charge in [-0.15, -0.1) is 0 Å². The zero-order valence-electron chi connectivity index (χ0n) is 15.6. The smallest absolute Gasteiger partial charge is 0.191 e. The van der Waals surface area contributed by atoms with Crippen LogP contribution >= 0.6 is 0 Å². The summed E-state index contributed by atoms with van der Waals surface area (Å²) < 4.78 is 0. The second-order valence-corrected chi connectivity index (χ2v) is 7.89. The Morgan fingerprint density at radius 3 is 2.14 bits per heavy atom. The normalized spacial score (nSPS) is 18.4. The standard InChI is InChI=1S/C17H37N5/c1-16(2,3)21-11-10-19-15(18-6)20-14-17(4,5)22-12-8-7-9-13-22/h21H,7-14H2,1-6H3,(H2,18,19,20). The van der Waals surface area contributed by atoms with E-state index in [4.69, 9.17) is 0 Å². The maximum absolute atomic E-state index is 4.32. The average Bonchev–Trinajstić information content (AvgIpc) is 2.46. The van der Waals surface area contributed by atoms with Crippen molar-refractivity contribution < 1.29 is 0 Å². The Bertz CT molecular complexity index is 337. The van der Waals surface area contributed by atoms with Crippen molar-refractivity contribution in [3.05, 3.63) is 0 Å². The maximum Gasteiger partial charge on any atom is 0.191 e. The number of hydrogen-bond donors (Lipinski definition) is 3. The lowest BCUT2D eigenvalue weighted by molar-refractivity contribution is 0.0982. The Hall–Kier alpha value is -0.810. The van der Waals surface area contributed by atoms with E-state index < -0.39 is 0 Å². The van der Waals surface area contributed by atoms with Gasteiger partial charge < -0.3 is 16.0 Å². The van der Waals surface area contributed by atoms with E-state index in [1.165, 1.54) is 32.4 Å². The van der Waals surface area contributed by atoms with Gasteiger partial charge in [0.2, 0.25) is 0 Å². The van der Waals surface area contributed by atoms with E-state index in [1.54, 1.807) is 0 Å². The van der Waals surface area contributed by atoms with E-state index in [-0.39, 0.29) is 11.1 Å². The van der Waals surface area contributed by atoms with Crippen LogP contribution in [0.25, 0.3) is 0 Å². The predicted molar refractivity (Wildman–Crippen MR) is 96.6 cm³/mol. The summed E-state index contributed by atoms with van der Waals surface area (Å²) in [6, 6.07) is 0. The van der Waals surface area contributed by atoms with Crippen LogP contribution in [-0.4, -0.2) is 61.7 Å². The van der Waals surface area contributed by atoms with Gasteiger partial charge in [-0.05, 0) is 60.5 Å². The molecule has 0 unspecified atom stereocenters. The van der Waals surface area contributed by atoms with Crippen LogP contribution in [0.2, 0.25) is 0 Å². The second-order valence-electron chi connectivity index (χ2n) is 7.89. The van der Waals surface area contributed by atoms with E-state index in [2.05, 4.69) is 60.5 Å². The summed E-state index contributed by atoms with van der Waals surface area (Å²) in [6.45, 7) is 16.3. The number of hydrogen-bond acceptors (Lipinski definition) is 3. The first-order valence-corrected chi connectivity index (χ1v) is 8.69. The third-order valence-electron chi connectivity index (χ3n) is 4.20. The quantitative estimate of drug-likeness (QED) is 0.398. The number of likely N-dealkylation sites (tertiary alicyclic amines) is 1. The first-order chi connectivity index (χ1) is 10.2. The summed E-state index contributed by atoms with van der Waals surface area (Å²) >= 11 is 0. The van der Waals surface area contributed by atoms with Gasteiger partial charge in [0.1, 0.15) is 0 Å². The van der Waals surface area contributed by atoms with Crippen LogP contribution in [0.3, 0.4) is 0 Å². The minimum Gasteiger partial charge on any atom is -0.355 e. The van der Waals surface area contributed by atoms with Gasteiger partial charge in [0.25, 0.3) is 0 Å². The molecule has 0 aromatic heterocycles. The first-order valence-electron chi connectivity index (χ1n) is 8.69. The number of guanidine groups is 1. The summed E-state index contributed by atoms with van der Waals surface area (Å²) in [4.78, 5) is 6.91. The Morgan fingerprint density at radius 1 is 0.955 bits per heavy atom. The highest BCUT2D eigenvalue weighted by Crippen LogP contribution is 2.19. The van der Waals surface area contributed by atoms with Gasteiger partial charge in [-0.3, -0.25) is 9.89 Å². The fraction of sp³-hybridized carbons (Fsp3) is 0.941. The van der Waals surface area contributed by atoms with Crippen molar-refractivity contribution in [1.82, 2.24) is 20.9 Å². The number of aliphatic imine (C=N–C) groups is 1. The summed E-state index contributed by atoms with van der Waals surface area (Å²) in [5.74, 6) is 0.890. The minimum atomic E-state index is 0.162. The fourth-order valence-corrected chi connectivity index (χ4v) is 2.75. The zero-order chi connectivity index (χ0) is 16.6. The molecule has 0 spiro atoms. The molecule has 130 valence electrons. The van der Waals surface area contributed by atoms with Gasteiger partial charge in [-0.2, -0.15) is 0 Å². The van der Waals surface area contributed by atoms with Crippen molar-refractivity contribution in [2.75, 3.05) is 39.8 Å². The Balaban J connectivity index is 2.30. The van der Waals surface area contributed by atoms with Crippen molar-refractivity contribution >= 4 is 5.96 Å². The van der Waals surface area contributed by atoms with E-state index in [9.17, 15) is 0 Å². The SMILES string of the molecule is CN=C(NCCNC(C)(C)C)NCC(C)(C)N1CCCCC1. The van der Waals surface area contributed by atoms with Gasteiger partial charge >= 0.3 is 0 Å². The van der Waals surface area contributed by atoms with Crippen molar-refractivity contribution in [3.8, 4) is 0 Å². The van der Waals surface area contributed by atoms with E-state index in [0.29, 0.717) is 0 Å². The summed E-state index contributed by atoms with van der Waals surface area (Å²) in [5.41, 5.74) is 0.330. The molecule has 0 aromatic carbocycles. The monoisotopic (exact) mass is 311 g/mol. The zero-order valence-corrected chi connectivity index (χ0v) is 15.6. The highest BCUT2D eigenvalue weighted by atomic mass is 15.2. The highest BCUT2D eigenvalue weighted by Gasteiger charge is 2.27. The molecule has 1 aliphatic heterocycles. The molecule has 0 amide bonds. The van der Waals surface area contributed by atoms with E-state index in [0.717, 1.165) is 25.6 Å². The summed E-state index contributed by atoms with van der Waals surface area (Å²) in [5, 5.41) is 10.3. The molecule has 0 aliphatic carbocycles. The van der Waals surface area contributed by atoms with Gasteiger partial charge in [0.05, 0.1) is 0 Å². The third-order valence-corrected chi connectivity index (χ3v) is 4.20. The van der Waals surface area contributed by atoms with Crippen LogP contribution in [0, 0.1) is 0 Å². The van der Waals surface area contributed by atoms with Crippen LogP contribution < -0.4 is 16.0 Å². The lowest BCUT2D eigenvalue weighted by Crippen LogP contribution is -2.55. The minimum absolute atomic E-state index is 0.162. The van der Waals surface area contributed by atoms with Crippen molar-refractivity contribution in [3.63, 3.8) is 0 Å². The molecule has 5 heteroatoms. The van der Waals surface area contributed by atoms with Crippen molar-refractivity contribution in [2.45, 2.75) is 65.0 Å². The number of nitrogens with zero attached hydrogens (tertiary/aromatic N) is 2. The summed E-state index contributed by atoms with van der Waals surface area (Å²) in [6.07, 6.45) is 4.04. The molecular formula is C17H37N5. The molecule has 1 heterocycles. The molecular weight excluding hydrogens is 274 g/mol. The third kappa shape index (κ3) is 7.45. The lowest BCUT2D eigenvalue weighted by atomic mass is 9.98. The Labute approximate surface area is 137 Å². The average molecular weight is 312 g/mol. The summed E-state index contributed by atoms with van der Waals surface area (Å²) in [7, 11) is 1.83.